The molecule has 0 aromatic rings. The third kappa shape index (κ3) is 12.9. The first kappa shape index (κ1) is 26.9. The monoisotopic (exact) mass is 498 g/mol. The molecule has 6 nitrogen and oxygen atoms in total. The van der Waals surface area contributed by atoms with Crippen molar-refractivity contribution in [2.75, 3.05) is 46.0 Å². The Morgan fingerprint density at radius 3 is 2.37 bits per heavy atom. The van der Waals surface area contributed by atoms with Gasteiger partial charge in [0, 0.05) is 58.1 Å². The molecule has 0 aromatic carbocycles. The number of hydrogen-bond donors (Lipinski definition) is 2. The lowest BCUT2D eigenvalue weighted by Crippen LogP contribution is -2.41. The van der Waals surface area contributed by atoms with Gasteiger partial charge < -0.3 is 20.1 Å². The van der Waals surface area contributed by atoms with Crippen LogP contribution in [0.4, 0.5) is 0 Å². The first-order valence-corrected chi connectivity index (χ1v) is 10.5. The molecule has 27 heavy (non-hydrogen) atoms. The van der Waals surface area contributed by atoms with Gasteiger partial charge in [-0.25, -0.2) is 0 Å². The van der Waals surface area contributed by atoms with E-state index in [-0.39, 0.29) is 24.0 Å². The van der Waals surface area contributed by atoms with E-state index in [4.69, 9.17) is 9.47 Å². The molecular weight excluding hydrogens is 455 g/mol. The summed E-state index contributed by atoms with van der Waals surface area (Å²) in [5.74, 6) is 0.916. The SMILES string of the molecule is CCNC(=NCCCOC1CCOCC1)NCCCN(C(C)C)C(C)C.I. The van der Waals surface area contributed by atoms with E-state index in [2.05, 4.69) is 55.1 Å². The van der Waals surface area contributed by atoms with E-state index in [0.717, 1.165) is 77.6 Å². The van der Waals surface area contributed by atoms with Crippen LogP contribution in [-0.2, 0) is 9.47 Å². The molecule has 1 fully saturated rings. The summed E-state index contributed by atoms with van der Waals surface area (Å²) < 4.78 is 11.3. The minimum Gasteiger partial charge on any atom is -0.381 e. The van der Waals surface area contributed by atoms with Crippen LogP contribution in [0.3, 0.4) is 0 Å². The van der Waals surface area contributed by atoms with Crippen molar-refractivity contribution in [3.63, 3.8) is 0 Å². The third-order valence-corrected chi connectivity index (χ3v) is 4.65. The van der Waals surface area contributed by atoms with Crippen LogP contribution in [0.5, 0.6) is 0 Å². The highest BCUT2D eigenvalue weighted by molar-refractivity contribution is 14.0. The van der Waals surface area contributed by atoms with Gasteiger partial charge >= 0.3 is 0 Å². The van der Waals surface area contributed by atoms with Crippen LogP contribution in [0, 0.1) is 0 Å². The smallest absolute Gasteiger partial charge is 0.191 e. The van der Waals surface area contributed by atoms with E-state index in [0.29, 0.717) is 18.2 Å². The van der Waals surface area contributed by atoms with Gasteiger partial charge in [-0.05, 0) is 60.3 Å². The molecule has 0 atom stereocenters. The number of rotatable bonds is 12. The maximum Gasteiger partial charge on any atom is 0.191 e. The molecule has 162 valence electrons. The summed E-state index contributed by atoms with van der Waals surface area (Å²) >= 11 is 0. The van der Waals surface area contributed by atoms with E-state index < -0.39 is 0 Å². The van der Waals surface area contributed by atoms with Crippen LogP contribution in [-0.4, -0.2) is 75.0 Å². The average molecular weight is 498 g/mol. The zero-order valence-corrected chi connectivity index (χ0v) is 20.5. The highest BCUT2D eigenvalue weighted by Crippen LogP contribution is 2.10. The topological polar surface area (TPSA) is 58.1 Å². The van der Waals surface area contributed by atoms with Gasteiger partial charge in [-0.1, -0.05) is 0 Å². The Hall–Kier alpha value is -0.120. The number of nitrogens with one attached hydrogen (secondary N) is 2. The number of ether oxygens (including phenoxy) is 2. The molecule has 0 aliphatic carbocycles. The van der Waals surface area contributed by atoms with E-state index in [9.17, 15) is 0 Å². The van der Waals surface area contributed by atoms with Crippen molar-refractivity contribution in [2.24, 2.45) is 4.99 Å². The molecule has 0 aromatic heterocycles. The van der Waals surface area contributed by atoms with Gasteiger partial charge in [0.2, 0.25) is 0 Å². The fourth-order valence-corrected chi connectivity index (χ4v) is 3.27. The Morgan fingerprint density at radius 1 is 1.11 bits per heavy atom. The number of guanidine groups is 1. The molecule has 0 unspecified atom stereocenters. The minimum atomic E-state index is 0. The molecule has 0 spiro atoms. The molecule has 0 saturated carbocycles. The predicted molar refractivity (Wildman–Crippen MR) is 125 cm³/mol. The molecule has 0 amide bonds. The molecule has 1 aliphatic rings. The second-order valence-corrected chi connectivity index (χ2v) is 7.50. The van der Waals surface area contributed by atoms with Gasteiger partial charge in [0.25, 0.3) is 0 Å². The quantitative estimate of drug-likeness (QED) is 0.187. The van der Waals surface area contributed by atoms with Crippen molar-refractivity contribution < 1.29 is 9.47 Å². The first-order valence-electron chi connectivity index (χ1n) is 10.5. The number of aliphatic imine (C=N–C) groups is 1. The van der Waals surface area contributed by atoms with Crippen molar-refractivity contribution in [1.29, 1.82) is 0 Å². The van der Waals surface area contributed by atoms with Crippen LogP contribution >= 0.6 is 24.0 Å². The molecule has 0 bridgehead atoms. The van der Waals surface area contributed by atoms with Crippen LogP contribution in [0.25, 0.3) is 0 Å². The second kappa shape index (κ2) is 16.8. The number of nitrogens with zero attached hydrogens (tertiary/aromatic N) is 2. The molecule has 1 heterocycles. The van der Waals surface area contributed by atoms with E-state index >= 15 is 0 Å². The average Bonchev–Trinajstić information content (AvgIpc) is 2.61. The summed E-state index contributed by atoms with van der Waals surface area (Å²) in [5, 5.41) is 6.77. The number of hydrogen-bond acceptors (Lipinski definition) is 4. The highest BCUT2D eigenvalue weighted by Gasteiger charge is 2.13. The Morgan fingerprint density at radius 2 is 1.78 bits per heavy atom. The summed E-state index contributed by atoms with van der Waals surface area (Å²) in [5.41, 5.74) is 0. The lowest BCUT2D eigenvalue weighted by Gasteiger charge is -2.30. The highest BCUT2D eigenvalue weighted by atomic mass is 127. The van der Waals surface area contributed by atoms with Crippen molar-refractivity contribution in [3.05, 3.63) is 0 Å². The molecule has 1 aliphatic heterocycles. The van der Waals surface area contributed by atoms with Gasteiger partial charge in [-0.15, -0.1) is 24.0 Å². The van der Waals surface area contributed by atoms with Gasteiger partial charge in [-0.2, -0.15) is 0 Å². The van der Waals surface area contributed by atoms with Crippen molar-refractivity contribution in [3.8, 4) is 0 Å². The lowest BCUT2D eigenvalue weighted by molar-refractivity contribution is -0.0318. The van der Waals surface area contributed by atoms with Crippen LogP contribution < -0.4 is 10.6 Å². The van der Waals surface area contributed by atoms with Crippen LogP contribution in [0.1, 0.15) is 60.3 Å². The Bertz CT molecular complexity index is 367. The summed E-state index contributed by atoms with van der Waals surface area (Å²) in [7, 11) is 0. The molecule has 1 saturated heterocycles. The molecule has 7 heteroatoms. The van der Waals surface area contributed by atoms with E-state index in [1.807, 2.05) is 0 Å². The van der Waals surface area contributed by atoms with Crippen molar-refractivity contribution >= 4 is 29.9 Å². The van der Waals surface area contributed by atoms with Gasteiger partial charge in [0.05, 0.1) is 6.10 Å². The predicted octanol–water partition coefficient (Wildman–Crippen LogP) is 3.25. The zero-order valence-electron chi connectivity index (χ0n) is 18.1. The van der Waals surface area contributed by atoms with Crippen LogP contribution in [0.2, 0.25) is 0 Å². The summed E-state index contributed by atoms with van der Waals surface area (Å²) in [6.07, 6.45) is 4.51. The Balaban J connectivity index is 0.00000676. The standard InChI is InChI=1S/C20H42N4O2.HI/c1-6-21-20(22-11-7-13-24(17(2)3)18(4)5)23-12-8-14-26-19-9-15-25-16-10-19;/h17-19H,6-16H2,1-5H3,(H2,21,22,23);1H. The Labute approximate surface area is 184 Å². The van der Waals surface area contributed by atoms with Crippen LogP contribution in [0.15, 0.2) is 4.99 Å². The maximum atomic E-state index is 5.90. The fraction of sp³-hybridized carbons (Fsp3) is 0.950. The second-order valence-electron chi connectivity index (χ2n) is 7.50. The normalized spacial score (nSPS) is 16.1. The van der Waals surface area contributed by atoms with Gasteiger partial charge in [-0.3, -0.25) is 9.89 Å². The summed E-state index contributed by atoms with van der Waals surface area (Å²) in [4.78, 5) is 7.19. The Kier molecular flexibility index (Phi) is 16.7. The van der Waals surface area contributed by atoms with E-state index in [1.165, 1.54) is 0 Å². The maximum absolute atomic E-state index is 5.90. The molecular formula is C20H43IN4O2. The summed E-state index contributed by atoms with van der Waals surface area (Å²) in [6.45, 7) is 17.4. The molecule has 0 radical (unpaired) electrons. The largest absolute Gasteiger partial charge is 0.381 e. The zero-order chi connectivity index (χ0) is 19.2. The number of halogens is 1. The van der Waals surface area contributed by atoms with Crippen molar-refractivity contribution in [2.45, 2.75) is 78.5 Å². The lowest BCUT2D eigenvalue weighted by atomic mass is 10.1. The summed E-state index contributed by atoms with van der Waals surface area (Å²) in [6, 6.07) is 1.18. The van der Waals surface area contributed by atoms with Crippen molar-refractivity contribution in [1.82, 2.24) is 15.5 Å². The fourth-order valence-electron chi connectivity index (χ4n) is 3.27. The van der Waals surface area contributed by atoms with Gasteiger partial charge in [0.15, 0.2) is 5.96 Å². The van der Waals surface area contributed by atoms with E-state index in [1.54, 1.807) is 0 Å². The first-order chi connectivity index (χ1) is 12.5. The minimum absolute atomic E-state index is 0. The van der Waals surface area contributed by atoms with Gasteiger partial charge in [0.1, 0.15) is 0 Å². The third-order valence-electron chi connectivity index (χ3n) is 4.65. The molecule has 2 N–H and O–H groups in total. The molecule has 1 rings (SSSR count).